The largest absolute Gasteiger partial charge is 0.392 e. The summed E-state index contributed by atoms with van der Waals surface area (Å²) in [5.41, 5.74) is 2.33. The molecule has 2 heteroatoms. The molecule has 1 rings (SSSR count). The molecule has 11 heavy (non-hydrogen) atoms. The Morgan fingerprint density at radius 3 is 2.45 bits per heavy atom. The summed E-state index contributed by atoms with van der Waals surface area (Å²) >= 11 is 0. The fourth-order valence-electron chi connectivity index (χ4n) is 1.86. The lowest BCUT2D eigenvalue weighted by Crippen LogP contribution is -2.29. The summed E-state index contributed by atoms with van der Waals surface area (Å²) in [6.45, 7) is 2.65. The first-order chi connectivity index (χ1) is 5.27. The van der Waals surface area contributed by atoms with E-state index >= 15 is 0 Å². The van der Waals surface area contributed by atoms with E-state index in [1.165, 1.54) is 31.4 Å². The van der Waals surface area contributed by atoms with Gasteiger partial charge in [0.25, 0.3) is 0 Å². The quantitative estimate of drug-likeness (QED) is 0.631. The molecule has 1 heterocycles. The molecule has 0 bridgehead atoms. The summed E-state index contributed by atoms with van der Waals surface area (Å²) in [7, 11) is -0.998. The van der Waals surface area contributed by atoms with Gasteiger partial charge in [0.15, 0.2) is 0 Å². The first-order valence-corrected chi connectivity index (χ1v) is 7.55. The predicted octanol–water partition coefficient (Wildman–Crippen LogP) is 2.34. The molecule has 1 saturated heterocycles. The highest BCUT2D eigenvalue weighted by atomic mass is 28.3. The van der Waals surface area contributed by atoms with Gasteiger partial charge >= 0.3 is 0 Å². The molecule has 1 aliphatic rings. The van der Waals surface area contributed by atoms with Crippen LogP contribution in [0.3, 0.4) is 0 Å². The third kappa shape index (κ3) is 2.79. The maximum Gasteiger partial charge on any atom is 0.0744 e. The number of hydrogen-bond acceptors (Lipinski definition) is 1. The monoisotopic (exact) mass is 170 g/mol. The van der Waals surface area contributed by atoms with Gasteiger partial charge in [0.1, 0.15) is 0 Å². The van der Waals surface area contributed by atoms with Crippen LogP contribution in [0.5, 0.6) is 0 Å². The van der Waals surface area contributed by atoms with Crippen molar-refractivity contribution in [2.45, 2.75) is 37.9 Å². The molecule has 0 unspecified atom stereocenters. The van der Waals surface area contributed by atoms with E-state index < -0.39 is 8.07 Å². The number of hydrogen-bond donors (Lipinski definition) is 1. The topological polar surface area (TPSA) is 20.2 Å². The summed E-state index contributed by atoms with van der Waals surface area (Å²) in [5, 5.41) is 8.65. The van der Waals surface area contributed by atoms with Crippen molar-refractivity contribution in [2.75, 3.05) is 6.61 Å². The van der Waals surface area contributed by atoms with E-state index in [2.05, 4.69) is 12.2 Å². The number of rotatable bonds is 2. The van der Waals surface area contributed by atoms with Crippen LogP contribution in [-0.2, 0) is 0 Å². The molecule has 0 aliphatic carbocycles. The maximum atomic E-state index is 8.65. The molecule has 0 radical (unpaired) electrons. The van der Waals surface area contributed by atoms with Crippen molar-refractivity contribution in [3.63, 3.8) is 0 Å². The van der Waals surface area contributed by atoms with Gasteiger partial charge in [-0.2, -0.15) is 0 Å². The van der Waals surface area contributed by atoms with Gasteiger partial charge < -0.3 is 5.11 Å². The Bertz CT molecular complexity index is 136. The van der Waals surface area contributed by atoms with Crippen molar-refractivity contribution in [1.82, 2.24) is 0 Å². The second-order valence-electron chi connectivity index (χ2n) is 3.80. The Morgan fingerprint density at radius 1 is 1.27 bits per heavy atom. The minimum absolute atomic E-state index is 0.225. The van der Waals surface area contributed by atoms with E-state index in [1.54, 1.807) is 0 Å². The molecule has 1 nitrogen and oxygen atoms in total. The average Bonchev–Trinajstić information content (AvgIpc) is 2.03. The van der Waals surface area contributed by atoms with Gasteiger partial charge in [0, 0.05) is 0 Å². The molecule has 0 aromatic heterocycles. The summed E-state index contributed by atoms with van der Waals surface area (Å²) in [6, 6.07) is 2.87. The van der Waals surface area contributed by atoms with Gasteiger partial charge in [-0.25, -0.2) is 0 Å². The van der Waals surface area contributed by atoms with Gasteiger partial charge in [-0.15, -0.1) is 0 Å². The van der Waals surface area contributed by atoms with E-state index in [0.29, 0.717) is 0 Å². The lowest BCUT2D eigenvalue weighted by Gasteiger charge is -2.27. The first kappa shape index (κ1) is 9.01. The van der Waals surface area contributed by atoms with Crippen molar-refractivity contribution in [3.8, 4) is 0 Å². The molecule has 0 aromatic rings. The van der Waals surface area contributed by atoms with E-state index in [-0.39, 0.29) is 6.61 Å². The second kappa shape index (κ2) is 4.07. The van der Waals surface area contributed by atoms with Crippen molar-refractivity contribution < 1.29 is 5.11 Å². The highest BCUT2D eigenvalue weighted by Gasteiger charge is 2.25. The van der Waals surface area contributed by atoms with Gasteiger partial charge in [0.2, 0.25) is 0 Å². The highest BCUT2D eigenvalue weighted by Crippen LogP contribution is 2.28. The van der Waals surface area contributed by atoms with E-state index in [1.807, 2.05) is 6.08 Å². The standard InChI is InChI=1S/C9H18OSi/c1-11(9-5-6-10)7-3-2-4-8-11/h5,9-10H,2-4,6-8H2,1H3/b9-5+. The molecule has 0 amide bonds. The van der Waals surface area contributed by atoms with Crippen LogP contribution >= 0.6 is 0 Å². The van der Waals surface area contributed by atoms with Gasteiger partial charge in [-0.3, -0.25) is 0 Å². The molecule has 1 fully saturated rings. The third-order valence-electron chi connectivity index (χ3n) is 2.62. The van der Waals surface area contributed by atoms with Crippen LogP contribution in [0.15, 0.2) is 11.8 Å². The molecule has 0 atom stereocenters. The predicted molar refractivity (Wildman–Crippen MR) is 51.3 cm³/mol. The van der Waals surface area contributed by atoms with E-state index in [4.69, 9.17) is 5.11 Å². The summed E-state index contributed by atoms with van der Waals surface area (Å²) < 4.78 is 0. The van der Waals surface area contributed by atoms with Crippen LogP contribution in [0.4, 0.5) is 0 Å². The average molecular weight is 170 g/mol. The summed E-state index contributed by atoms with van der Waals surface area (Å²) in [5.74, 6) is 0. The van der Waals surface area contributed by atoms with Crippen LogP contribution in [0.2, 0.25) is 18.6 Å². The van der Waals surface area contributed by atoms with Crippen LogP contribution in [-0.4, -0.2) is 19.8 Å². The van der Waals surface area contributed by atoms with Crippen molar-refractivity contribution in [2.24, 2.45) is 0 Å². The Balaban J connectivity index is 2.43. The van der Waals surface area contributed by atoms with Crippen LogP contribution in [0, 0.1) is 0 Å². The van der Waals surface area contributed by atoms with Crippen molar-refractivity contribution in [1.29, 1.82) is 0 Å². The van der Waals surface area contributed by atoms with Crippen LogP contribution < -0.4 is 0 Å². The molecule has 64 valence electrons. The number of aliphatic hydroxyl groups excluding tert-OH is 1. The second-order valence-corrected chi connectivity index (χ2v) is 8.44. The Labute approximate surface area is 70.1 Å². The summed E-state index contributed by atoms with van der Waals surface area (Å²) in [6.07, 6.45) is 6.20. The lowest BCUT2D eigenvalue weighted by molar-refractivity contribution is 0.343. The van der Waals surface area contributed by atoms with Crippen LogP contribution in [0.1, 0.15) is 19.3 Å². The minimum atomic E-state index is -0.998. The summed E-state index contributed by atoms with van der Waals surface area (Å²) in [4.78, 5) is 0. The third-order valence-corrected chi connectivity index (χ3v) is 6.65. The first-order valence-electron chi connectivity index (χ1n) is 4.55. The zero-order valence-electron chi connectivity index (χ0n) is 7.34. The Kier molecular flexibility index (Phi) is 3.33. The van der Waals surface area contributed by atoms with Gasteiger partial charge in [0.05, 0.1) is 14.7 Å². The Morgan fingerprint density at radius 2 is 1.91 bits per heavy atom. The molecule has 1 aliphatic heterocycles. The maximum absolute atomic E-state index is 8.65. The van der Waals surface area contributed by atoms with E-state index in [0.717, 1.165) is 0 Å². The fourth-order valence-corrected chi connectivity index (χ4v) is 5.24. The molecule has 1 N–H and O–H groups in total. The van der Waals surface area contributed by atoms with Crippen molar-refractivity contribution >= 4 is 8.07 Å². The van der Waals surface area contributed by atoms with Gasteiger partial charge in [-0.05, 0) is 0 Å². The molecule has 0 saturated carbocycles. The Hall–Kier alpha value is -0.0831. The van der Waals surface area contributed by atoms with Crippen LogP contribution in [0.25, 0.3) is 0 Å². The molecular formula is C9H18OSi. The van der Waals surface area contributed by atoms with Crippen molar-refractivity contribution in [3.05, 3.63) is 11.8 Å². The molecule has 0 aromatic carbocycles. The van der Waals surface area contributed by atoms with E-state index in [9.17, 15) is 0 Å². The highest BCUT2D eigenvalue weighted by molar-refractivity contribution is 6.83. The zero-order chi connectivity index (χ0) is 8.16. The minimum Gasteiger partial charge on any atom is -0.392 e. The fraction of sp³-hybridized carbons (Fsp3) is 0.778. The van der Waals surface area contributed by atoms with Gasteiger partial charge in [-0.1, -0.05) is 49.7 Å². The molecule has 0 spiro atoms. The SMILES string of the molecule is C[Si]1(/C=C/CO)CCCCC1. The number of aliphatic hydroxyl groups is 1. The zero-order valence-corrected chi connectivity index (χ0v) is 8.34. The smallest absolute Gasteiger partial charge is 0.0744 e. The molecular weight excluding hydrogens is 152 g/mol. The lowest BCUT2D eigenvalue weighted by atomic mass is 10.3. The normalized spacial score (nSPS) is 24.2.